The standard InChI is InChI=1S/C21H27N3O3/c25-20(16-24-12-6-2-1-3-7-13-24)23-19-11-5-4-10-18(19)21(26)22-15-17-9-8-14-27-17/h4-5,8-11,14H,1-3,6-7,12-13,15-16H2,(H,22,26)(H,23,25). The van der Waals surface area contributed by atoms with Crippen molar-refractivity contribution < 1.29 is 14.0 Å². The fourth-order valence-electron chi connectivity index (χ4n) is 3.33. The van der Waals surface area contributed by atoms with Crippen LogP contribution in [0.1, 0.15) is 48.2 Å². The van der Waals surface area contributed by atoms with Gasteiger partial charge < -0.3 is 15.1 Å². The van der Waals surface area contributed by atoms with Gasteiger partial charge >= 0.3 is 0 Å². The lowest BCUT2D eigenvalue weighted by molar-refractivity contribution is -0.117. The van der Waals surface area contributed by atoms with Gasteiger partial charge in [-0.25, -0.2) is 0 Å². The number of rotatable bonds is 6. The first-order valence-electron chi connectivity index (χ1n) is 9.64. The number of likely N-dealkylation sites (tertiary alicyclic amines) is 1. The van der Waals surface area contributed by atoms with E-state index in [2.05, 4.69) is 15.5 Å². The molecule has 0 radical (unpaired) electrons. The molecular weight excluding hydrogens is 342 g/mol. The first kappa shape index (κ1) is 19.2. The van der Waals surface area contributed by atoms with Crippen LogP contribution in [0.5, 0.6) is 0 Å². The van der Waals surface area contributed by atoms with Crippen LogP contribution in [0.25, 0.3) is 0 Å². The maximum Gasteiger partial charge on any atom is 0.253 e. The molecule has 1 aliphatic rings. The van der Waals surface area contributed by atoms with Crippen LogP contribution in [0.15, 0.2) is 47.1 Å². The number of carbonyl (C=O) groups is 2. The summed E-state index contributed by atoms with van der Waals surface area (Å²) in [6.07, 6.45) is 7.60. The van der Waals surface area contributed by atoms with Gasteiger partial charge in [0.1, 0.15) is 5.76 Å². The number of carbonyl (C=O) groups excluding carboxylic acids is 2. The van der Waals surface area contributed by atoms with Crippen molar-refractivity contribution in [2.24, 2.45) is 0 Å². The lowest BCUT2D eigenvalue weighted by Gasteiger charge is -2.24. The molecule has 0 aliphatic carbocycles. The maximum atomic E-state index is 12.5. The highest BCUT2D eigenvalue weighted by atomic mass is 16.3. The third kappa shape index (κ3) is 5.96. The zero-order valence-electron chi connectivity index (χ0n) is 15.6. The van der Waals surface area contributed by atoms with E-state index in [1.165, 1.54) is 19.3 Å². The van der Waals surface area contributed by atoms with Crippen molar-refractivity contribution in [1.82, 2.24) is 10.2 Å². The molecule has 0 atom stereocenters. The van der Waals surface area contributed by atoms with E-state index in [0.717, 1.165) is 25.9 Å². The van der Waals surface area contributed by atoms with Crippen LogP contribution in [0, 0.1) is 0 Å². The first-order chi connectivity index (χ1) is 13.2. The molecule has 27 heavy (non-hydrogen) atoms. The van der Waals surface area contributed by atoms with E-state index >= 15 is 0 Å². The zero-order valence-corrected chi connectivity index (χ0v) is 15.6. The van der Waals surface area contributed by atoms with Crippen molar-refractivity contribution in [3.8, 4) is 0 Å². The van der Waals surface area contributed by atoms with Gasteiger partial charge in [-0.3, -0.25) is 14.5 Å². The van der Waals surface area contributed by atoms with Gasteiger partial charge in [-0.15, -0.1) is 0 Å². The Morgan fingerprint density at radius 3 is 2.44 bits per heavy atom. The minimum absolute atomic E-state index is 0.0816. The first-order valence-corrected chi connectivity index (χ1v) is 9.64. The fraction of sp³-hybridized carbons (Fsp3) is 0.429. The van der Waals surface area contributed by atoms with Gasteiger partial charge in [-0.05, 0) is 50.2 Å². The van der Waals surface area contributed by atoms with Crippen molar-refractivity contribution in [2.75, 3.05) is 25.0 Å². The Labute approximate surface area is 159 Å². The van der Waals surface area contributed by atoms with E-state index in [-0.39, 0.29) is 11.8 Å². The van der Waals surface area contributed by atoms with E-state index in [1.54, 1.807) is 36.6 Å². The molecule has 1 aromatic heterocycles. The van der Waals surface area contributed by atoms with Crippen LogP contribution in [0.4, 0.5) is 5.69 Å². The van der Waals surface area contributed by atoms with E-state index in [0.29, 0.717) is 30.1 Å². The number of para-hydroxylation sites is 1. The van der Waals surface area contributed by atoms with Gasteiger partial charge in [0.15, 0.2) is 0 Å². The highest BCUT2D eigenvalue weighted by Gasteiger charge is 2.16. The van der Waals surface area contributed by atoms with E-state index < -0.39 is 0 Å². The van der Waals surface area contributed by atoms with Crippen LogP contribution < -0.4 is 10.6 Å². The van der Waals surface area contributed by atoms with Gasteiger partial charge in [-0.1, -0.05) is 31.4 Å². The van der Waals surface area contributed by atoms with Crippen molar-refractivity contribution in [3.05, 3.63) is 54.0 Å². The second-order valence-electron chi connectivity index (χ2n) is 6.90. The van der Waals surface area contributed by atoms with E-state index in [4.69, 9.17) is 4.42 Å². The number of nitrogens with one attached hydrogen (secondary N) is 2. The lowest BCUT2D eigenvalue weighted by atomic mass is 10.1. The van der Waals surface area contributed by atoms with E-state index in [1.807, 2.05) is 6.07 Å². The molecule has 6 heteroatoms. The molecule has 2 heterocycles. The van der Waals surface area contributed by atoms with Crippen molar-refractivity contribution in [1.29, 1.82) is 0 Å². The molecule has 3 rings (SSSR count). The molecule has 1 aliphatic heterocycles. The largest absolute Gasteiger partial charge is 0.467 e. The average Bonchev–Trinajstić information content (AvgIpc) is 3.16. The highest BCUT2D eigenvalue weighted by molar-refractivity contribution is 6.04. The molecule has 2 amide bonds. The highest BCUT2D eigenvalue weighted by Crippen LogP contribution is 2.16. The Hall–Kier alpha value is -2.60. The third-order valence-electron chi connectivity index (χ3n) is 4.76. The smallest absolute Gasteiger partial charge is 0.253 e. The number of nitrogens with zero attached hydrogens (tertiary/aromatic N) is 1. The second-order valence-corrected chi connectivity index (χ2v) is 6.90. The molecule has 144 valence electrons. The molecular formula is C21H27N3O3. The quantitative estimate of drug-likeness (QED) is 0.818. The molecule has 0 unspecified atom stereocenters. The number of anilines is 1. The summed E-state index contributed by atoms with van der Waals surface area (Å²) in [5.41, 5.74) is 0.983. The topological polar surface area (TPSA) is 74.6 Å². The van der Waals surface area contributed by atoms with Crippen LogP contribution in [0.3, 0.4) is 0 Å². The molecule has 1 aromatic carbocycles. The summed E-state index contributed by atoms with van der Waals surface area (Å²) in [6.45, 7) is 2.58. The minimum atomic E-state index is -0.242. The van der Waals surface area contributed by atoms with Gasteiger partial charge in [-0.2, -0.15) is 0 Å². The lowest BCUT2D eigenvalue weighted by Crippen LogP contribution is -2.35. The number of hydrogen-bond donors (Lipinski definition) is 2. The number of furan rings is 1. The zero-order chi connectivity index (χ0) is 18.9. The summed E-state index contributed by atoms with van der Waals surface area (Å²) in [5, 5.41) is 5.72. The number of amides is 2. The maximum absolute atomic E-state index is 12.5. The van der Waals surface area contributed by atoms with Crippen molar-refractivity contribution in [2.45, 2.75) is 38.6 Å². The molecule has 1 fully saturated rings. The summed E-state index contributed by atoms with van der Waals surface area (Å²) < 4.78 is 5.23. The Bertz CT molecular complexity index is 735. The van der Waals surface area contributed by atoms with Crippen LogP contribution in [-0.4, -0.2) is 36.3 Å². The van der Waals surface area contributed by atoms with Gasteiger partial charge in [0.2, 0.25) is 5.91 Å². The predicted molar refractivity (Wildman–Crippen MR) is 104 cm³/mol. The normalized spacial score (nSPS) is 15.6. The van der Waals surface area contributed by atoms with E-state index in [9.17, 15) is 9.59 Å². The average molecular weight is 369 g/mol. The Morgan fingerprint density at radius 1 is 0.963 bits per heavy atom. The third-order valence-corrected chi connectivity index (χ3v) is 4.76. The van der Waals surface area contributed by atoms with Gasteiger partial charge in [0, 0.05) is 0 Å². The molecule has 2 aromatic rings. The monoisotopic (exact) mass is 369 g/mol. The molecule has 6 nitrogen and oxygen atoms in total. The molecule has 1 saturated heterocycles. The minimum Gasteiger partial charge on any atom is -0.467 e. The van der Waals surface area contributed by atoms with Crippen LogP contribution in [0.2, 0.25) is 0 Å². The van der Waals surface area contributed by atoms with Crippen LogP contribution >= 0.6 is 0 Å². The Balaban J connectivity index is 1.57. The molecule has 0 saturated carbocycles. The Morgan fingerprint density at radius 2 is 1.70 bits per heavy atom. The number of hydrogen-bond acceptors (Lipinski definition) is 4. The summed E-state index contributed by atoms with van der Waals surface area (Å²) in [7, 11) is 0. The number of benzene rings is 1. The van der Waals surface area contributed by atoms with Crippen molar-refractivity contribution >= 4 is 17.5 Å². The van der Waals surface area contributed by atoms with Crippen molar-refractivity contribution in [3.63, 3.8) is 0 Å². The fourth-order valence-corrected chi connectivity index (χ4v) is 3.33. The molecule has 2 N–H and O–H groups in total. The molecule has 0 bridgehead atoms. The summed E-state index contributed by atoms with van der Waals surface area (Å²) >= 11 is 0. The SMILES string of the molecule is O=C(CN1CCCCCCC1)Nc1ccccc1C(=O)NCc1ccco1. The van der Waals surface area contributed by atoms with Gasteiger partial charge in [0.25, 0.3) is 5.91 Å². The van der Waals surface area contributed by atoms with Gasteiger partial charge in [0.05, 0.1) is 30.6 Å². The second kappa shape index (κ2) is 9.92. The Kier molecular flexibility index (Phi) is 7.04. The summed E-state index contributed by atoms with van der Waals surface area (Å²) in [6, 6.07) is 10.7. The molecule has 0 spiro atoms. The van der Waals surface area contributed by atoms with Crippen LogP contribution in [-0.2, 0) is 11.3 Å². The summed E-state index contributed by atoms with van der Waals surface area (Å²) in [5.74, 6) is 0.359. The summed E-state index contributed by atoms with van der Waals surface area (Å²) in [4.78, 5) is 27.2. The predicted octanol–water partition coefficient (Wildman–Crippen LogP) is 3.41.